The van der Waals surface area contributed by atoms with Gasteiger partial charge in [0, 0.05) is 18.8 Å². The first-order valence-corrected chi connectivity index (χ1v) is 8.17. The average Bonchev–Trinajstić information content (AvgIpc) is 2.60. The van der Waals surface area contributed by atoms with Crippen molar-refractivity contribution in [3.8, 4) is 11.5 Å². The molecule has 0 spiro atoms. The van der Waals surface area contributed by atoms with Crippen molar-refractivity contribution >= 4 is 11.4 Å². The van der Waals surface area contributed by atoms with Crippen LogP contribution < -0.4 is 20.1 Å². The molecule has 0 fully saturated rings. The number of nitrogens with one attached hydrogen (secondary N) is 2. The van der Waals surface area contributed by atoms with Crippen LogP contribution in [0.5, 0.6) is 11.5 Å². The molecule has 0 aliphatic heterocycles. The van der Waals surface area contributed by atoms with Gasteiger partial charge in [0.25, 0.3) is 0 Å². The summed E-state index contributed by atoms with van der Waals surface area (Å²) in [4.78, 5) is 0. The van der Waals surface area contributed by atoms with E-state index in [0.717, 1.165) is 55.4 Å². The number of unbranched alkanes of at least 4 members (excludes halogenated alkanes) is 1. The monoisotopic (exact) mass is 314 g/mol. The van der Waals surface area contributed by atoms with Crippen molar-refractivity contribution in [1.29, 1.82) is 0 Å². The molecule has 2 rings (SSSR count). The number of hydrogen-bond acceptors (Lipinski definition) is 4. The van der Waals surface area contributed by atoms with Gasteiger partial charge in [-0.15, -0.1) is 0 Å². The maximum atomic E-state index is 5.82. The second kappa shape index (κ2) is 9.62. The molecule has 0 bridgehead atoms. The Morgan fingerprint density at radius 1 is 0.913 bits per heavy atom. The normalized spacial score (nSPS) is 10.2. The summed E-state index contributed by atoms with van der Waals surface area (Å²) < 4.78 is 11.0. The Morgan fingerprint density at radius 2 is 1.65 bits per heavy atom. The average molecular weight is 314 g/mol. The van der Waals surface area contributed by atoms with Gasteiger partial charge >= 0.3 is 0 Å². The second-order valence-corrected chi connectivity index (χ2v) is 5.28. The largest absolute Gasteiger partial charge is 0.497 e. The molecule has 4 nitrogen and oxygen atoms in total. The van der Waals surface area contributed by atoms with Gasteiger partial charge in [0.05, 0.1) is 19.4 Å². The zero-order chi connectivity index (χ0) is 16.3. The van der Waals surface area contributed by atoms with Crippen LogP contribution >= 0.6 is 0 Å². The highest BCUT2D eigenvalue weighted by Gasteiger charge is 2.01. The number of methoxy groups -OCH3 is 1. The molecule has 2 aromatic rings. The summed E-state index contributed by atoms with van der Waals surface area (Å²) in [6, 6.07) is 16.0. The summed E-state index contributed by atoms with van der Waals surface area (Å²) in [5.74, 6) is 1.79. The van der Waals surface area contributed by atoms with Gasteiger partial charge in [-0.3, -0.25) is 0 Å². The van der Waals surface area contributed by atoms with Crippen LogP contribution in [0.25, 0.3) is 0 Å². The van der Waals surface area contributed by atoms with Gasteiger partial charge in [-0.25, -0.2) is 0 Å². The van der Waals surface area contributed by atoms with E-state index in [1.54, 1.807) is 7.11 Å². The van der Waals surface area contributed by atoms with Gasteiger partial charge in [-0.05, 0) is 42.8 Å². The number of ether oxygens (including phenoxy) is 2. The van der Waals surface area contributed by atoms with E-state index in [-0.39, 0.29) is 0 Å². The smallest absolute Gasteiger partial charge is 0.142 e. The predicted octanol–water partition coefficient (Wildman–Crippen LogP) is 4.40. The third kappa shape index (κ3) is 5.74. The molecular formula is C19H26N2O2. The van der Waals surface area contributed by atoms with Gasteiger partial charge < -0.3 is 20.1 Å². The summed E-state index contributed by atoms with van der Waals surface area (Å²) in [6.07, 6.45) is 2.22. The van der Waals surface area contributed by atoms with Crippen molar-refractivity contribution in [2.45, 2.75) is 19.8 Å². The van der Waals surface area contributed by atoms with Crippen LogP contribution in [0.4, 0.5) is 11.4 Å². The SMILES string of the molecule is CCCCOc1ccccc1NCCNc1ccc(OC)cc1. The number of para-hydroxylation sites is 2. The molecular weight excluding hydrogens is 288 g/mol. The summed E-state index contributed by atoms with van der Waals surface area (Å²) >= 11 is 0. The topological polar surface area (TPSA) is 42.5 Å². The summed E-state index contributed by atoms with van der Waals surface area (Å²) in [7, 11) is 1.67. The lowest BCUT2D eigenvalue weighted by molar-refractivity contribution is 0.311. The van der Waals surface area contributed by atoms with Gasteiger partial charge in [0.1, 0.15) is 11.5 Å². The Labute approximate surface area is 138 Å². The number of anilines is 2. The molecule has 0 aliphatic rings. The fourth-order valence-corrected chi connectivity index (χ4v) is 2.18. The molecule has 23 heavy (non-hydrogen) atoms. The van der Waals surface area contributed by atoms with Gasteiger partial charge in [0.2, 0.25) is 0 Å². The van der Waals surface area contributed by atoms with E-state index in [9.17, 15) is 0 Å². The Hall–Kier alpha value is -2.36. The van der Waals surface area contributed by atoms with Gasteiger partial charge in [0.15, 0.2) is 0 Å². The molecule has 0 heterocycles. The Bertz CT molecular complexity index is 570. The lowest BCUT2D eigenvalue weighted by Gasteiger charge is -2.13. The first-order valence-electron chi connectivity index (χ1n) is 8.17. The molecule has 0 atom stereocenters. The van der Waals surface area contributed by atoms with E-state index < -0.39 is 0 Å². The first kappa shape index (κ1) is 17.0. The molecule has 0 unspecified atom stereocenters. The van der Waals surface area contributed by atoms with Crippen LogP contribution in [0.3, 0.4) is 0 Å². The van der Waals surface area contributed by atoms with Gasteiger partial charge in [-0.1, -0.05) is 25.5 Å². The highest BCUT2D eigenvalue weighted by Crippen LogP contribution is 2.23. The molecule has 124 valence electrons. The summed E-state index contributed by atoms with van der Waals surface area (Å²) in [5.41, 5.74) is 2.13. The van der Waals surface area contributed by atoms with Crippen LogP contribution in [-0.2, 0) is 0 Å². The molecule has 4 heteroatoms. The first-order chi connectivity index (χ1) is 11.3. The molecule has 0 saturated carbocycles. The molecule has 0 aromatic heterocycles. The molecule has 0 radical (unpaired) electrons. The second-order valence-electron chi connectivity index (χ2n) is 5.28. The maximum Gasteiger partial charge on any atom is 0.142 e. The van der Waals surface area contributed by atoms with E-state index >= 15 is 0 Å². The Balaban J connectivity index is 1.77. The Kier molecular flexibility index (Phi) is 7.11. The third-order valence-electron chi connectivity index (χ3n) is 3.50. The number of hydrogen-bond donors (Lipinski definition) is 2. The van der Waals surface area contributed by atoms with Crippen LogP contribution in [0.1, 0.15) is 19.8 Å². The minimum Gasteiger partial charge on any atom is -0.497 e. The van der Waals surface area contributed by atoms with E-state index in [1.807, 2.05) is 42.5 Å². The van der Waals surface area contributed by atoms with E-state index in [4.69, 9.17) is 9.47 Å². The molecule has 0 saturated heterocycles. The van der Waals surface area contributed by atoms with Crippen LogP contribution in [-0.4, -0.2) is 26.8 Å². The Morgan fingerprint density at radius 3 is 2.39 bits per heavy atom. The van der Waals surface area contributed by atoms with Crippen molar-refractivity contribution in [2.24, 2.45) is 0 Å². The van der Waals surface area contributed by atoms with Crippen molar-refractivity contribution in [1.82, 2.24) is 0 Å². The number of rotatable bonds is 10. The minimum absolute atomic E-state index is 0.763. The standard InChI is InChI=1S/C19H26N2O2/c1-3-4-15-23-19-8-6-5-7-18(19)21-14-13-20-16-9-11-17(22-2)12-10-16/h5-12,20-21H,3-4,13-15H2,1-2H3. The van der Waals surface area contributed by atoms with Crippen molar-refractivity contribution < 1.29 is 9.47 Å². The fourth-order valence-electron chi connectivity index (χ4n) is 2.18. The van der Waals surface area contributed by atoms with E-state index in [1.165, 1.54) is 0 Å². The third-order valence-corrected chi connectivity index (χ3v) is 3.50. The maximum absolute atomic E-state index is 5.82. The summed E-state index contributed by atoms with van der Waals surface area (Å²) in [6.45, 7) is 4.58. The molecule has 2 aromatic carbocycles. The highest BCUT2D eigenvalue weighted by molar-refractivity contribution is 5.56. The van der Waals surface area contributed by atoms with Crippen molar-refractivity contribution in [2.75, 3.05) is 37.4 Å². The van der Waals surface area contributed by atoms with Crippen LogP contribution in [0.2, 0.25) is 0 Å². The zero-order valence-electron chi connectivity index (χ0n) is 14.0. The number of benzene rings is 2. The van der Waals surface area contributed by atoms with E-state index in [2.05, 4.69) is 23.6 Å². The summed E-state index contributed by atoms with van der Waals surface area (Å²) in [5, 5.41) is 6.80. The van der Waals surface area contributed by atoms with Crippen molar-refractivity contribution in [3.63, 3.8) is 0 Å². The van der Waals surface area contributed by atoms with Crippen LogP contribution in [0.15, 0.2) is 48.5 Å². The minimum atomic E-state index is 0.763. The van der Waals surface area contributed by atoms with E-state index in [0.29, 0.717) is 0 Å². The lowest BCUT2D eigenvalue weighted by Crippen LogP contribution is -2.14. The highest BCUT2D eigenvalue weighted by atomic mass is 16.5. The van der Waals surface area contributed by atoms with Gasteiger partial charge in [-0.2, -0.15) is 0 Å². The lowest BCUT2D eigenvalue weighted by atomic mass is 10.3. The van der Waals surface area contributed by atoms with Crippen LogP contribution in [0, 0.1) is 0 Å². The quantitative estimate of drug-likeness (QED) is 0.638. The molecule has 2 N–H and O–H groups in total. The fraction of sp³-hybridized carbons (Fsp3) is 0.368. The zero-order valence-corrected chi connectivity index (χ0v) is 14.0. The van der Waals surface area contributed by atoms with Crippen molar-refractivity contribution in [3.05, 3.63) is 48.5 Å². The molecule has 0 amide bonds. The molecule has 0 aliphatic carbocycles. The predicted molar refractivity (Wildman–Crippen MR) is 96.8 cm³/mol.